The van der Waals surface area contributed by atoms with Gasteiger partial charge in [-0.2, -0.15) is 0 Å². The number of alkyl carbamates (subject to hydrolysis) is 1. The monoisotopic (exact) mass is 377 g/mol. The Morgan fingerprint density at radius 1 is 1.61 bits per heavy atom. The third-order valence-electron chi connectivity index (χ3n) is 2.78. The molecule has 98 valence electrons. The van der Waals surface area contributed by atoms with Crippen molar-refractivity contribution in [3.63, 3.8) is 0 Å². The van der Waals surface area contributed by atoms with E-state index < -0.39 is 0 Å². The van der Waals surface area contributed by atoms with Crippen molar-refractivity contribution in [3.8, 4) is 0 Å². The lowest BCUT2D eigenvalue weighted by Crippen LogP contribution is -2.37. The number of ether oxygens (including phenoxy) is 1. The number of methoxy groups -OCH3 is 1. The molecule has 18 heavy (non-hydrogen) atoms. The summed E-state index contributed by atoms with van der Waals surface area (Å²) >= 11 is 6.87. The van der Waals surface area contributed by atoms with Crippen molar-refractivity contribution in [2.45, 2.75) is 12.5 Å². The molecule has 1 aliphatic rings. The number of amides is 1. The number of halogens is 2. The Kier molecular flexibility index (Phi) is 4.45. The van der Waals surface area contributed by atoms with Gasteiger partial charge in [-0.05, 0) is 44.3 Å². The van der Waals surface area contributed by atoms with Crippen molar-refractivity contribution < 1.29 is 9.53 Å². The summed E-state index contributed by atoms with van der Waals surface area (Å²) in [5, 5.41) is 2.80. The van der Waals surface area contributed by atoms with Gasteiger partial charge < -0.3 is 15.0 Å². The van der Waals surface area contributed by atoms with Crippen molar-refractivity contribution in [1.29, 1.82) is 0 Å². The fraction of sp³-hybridized carbons (Fsp3) is 0.455. The van der Waals surface area contributed by atoms with E-state index in [1.165, 1.54) is 7.11 Å². The number of carbonyl (C=O) groups excluding carboxylic acids is 1. The summed E-state index contributed by atoms with van der Waals surface area (Å²) in [6.45, 7) is 1.60. The normalized spacial score (nSPS) is 18.8. The van der Waals surface area contributed by atoms with Gasteiger partial charge in [-0.15, -0.1) is 0 Å². The number of hydrogen-bond donors (Lipinski definition) is 1. The summed E-state index contributed by atoms with van der Waals surface area (Å²) < 4.78 is 6.47. The van der Waals surface area contributed by atoms with Gasteiger partial charge in [0, 0.05) is 23.8 Å². The van der Waals surface area contributed by atoms with Crippen LogP contribution in [0.4, 0.5) is 10.6 Å². The minimum Gasteiger partial charge on any atom is -0.453 e. The number of carbonyl (C=O) groups is 1. The molecular weight excluding hydrogens is 366 g/mol. The lowest BCUT2D eigenvalue weighted by atomic mass is 10.3. The second-order valence-corrected chi connectivity index (χ2v) is 5.80. The number of hydrogen-bond acceptors (Lipinski definition) is 4. The number of aromatic nitrogens is 1. The fourth-order valence-electron chi connectivity index (χ4n) is 1.94. The molecule has 1 fully saturated rings. The van der Waals surface area contributed by atoms with Crippen LogP contribution in [-0.4, -0.2) is 37.3 Å². The van der Waals surface area contributed by atoms with Crippen LogP contribution < -0.4 is 10.2 Å². The van der Waals surface area contributed by atoms with E-state index in [-0.39, 0.29) is 12.1 Å². The smallest absolute Gasteiger partial charge is 0.407 e. The zero-order valence-corrected chi connectivity index (χ0v) is 13.0. The van der Waals surface area contributed by atoms with Crippen LogP contribution in [0.25, 0.3) is 0 Å². The Morgan fingerprint density at radius 3 is 3.06 bits per heavy atom. The van der Waals surface area contributed by atoms with Gasteiger partial charge in [-0.3, -0.25) is 0 Å². The van der Waals surface area contributed by atoms with Gasteiger partial charge in [0.25, 0.3) is 0 Å². The van der Waals surface area contributed by atoms with E-state index in [0.717, 1.165) is 34.3 Å². The minimum atomic E-state index is -0.385. The number of nitrogens with one attached hydrogen (secondary N) is 1. The highest BCUT2D eigenvalue weighted by Crippen LogP contribution is 2.29. The van der Waals surface area contributed by atoms with Gasteiger partial charge in [-0.1, -0.05) is 0 Å². The highest BCUT2D eigenvalue weighted by Gasteiger charge is 2.26. The fourth-order valence-corrected chi connectivity index (χ4v) is 3.17. The molecule has 0 aliphatic carbocycles. The van der Waals surface area contributed by atoms with E-state index in [4.69, 9.17) is 0 Å². The third kappa shape index (κ3) is 3.14. The first-order chi connectivity index (χ1) is 8.60. The summed E-state index contributed by atoms with van der Waals surface area (Å²) in [5.74, 6) is 0.896. The van der Waals surface area contributed by atoms with Crippen molar-refractivity contribution in [3.05, 3.63) is 21.2 Å². The van der Waals surface area contributed by atoms with Gasteiger partial charge in [0.1, 0.15) is 5.82 Å². The predicted octanol–water partition coefficient (Wildman–Crippen LogP) is 2.54. The summed E-state index contributed by atoms with van der Waals surface area (Å²) in [7, 11) is 1.37. The van der Waals surface area contributed by atoms with Gasteiger partial charge in [0.05, 0.1) is 17.6 Å². The average molecular weight is 379 g/mol. The first-order valence-electron chi connectivity index (χ1n) is 5.50. The van der Waals surface area contributed by atoms with E-state index in [1.807, 2.05) is 6.07 Å². The number of nitrogens with zero attached hydrogens (tertiary/aromatic N) is 2. The van der Waals surface area contributed by atoms with Crippen molar-refractivity contribution in [1.82, 2.24) is 10.3 Å². The minimum absolute atomic E-state index is 0.106. The summed E-state index contributed by atoms with van der Waals surface area (Å²) in [5.41, 5.74) is 0. The summed E-state index contributed by atoms with van der Waals surface area (Å²) in [6.07, 6.45) is 2.27. The highest BCUT2D eigenvalue weighted by molar-refractivity contribution is 9.11. The van der Waals surface area contributed by atoms with Crippen LogP contribution in [0.15, 0.2) is 21.2 Å². The molecule has 0 spiro atoms. The molecule has 1 saturated heterocycles. The average Bonchev–Trinajstić information content (AvgIpc) is 2.77. The standard InChI is InChI=1S/C11H13Br2N3O2/c1-18-11(17)15-8-2-3-16(6-8)10-9(13)4-7(12)5-14-10/h4-5,8H,2-3,6H2,1H3,(H,15,17). The molecule has 1 aromatic rings. The van der Waals surface area contributed by atoms with Gasteiger partial charge in [0.15, 0.2) is 0 Å². The maximum atomic E-state index is 11.1. The first-order valence-corrected chi connectivity index (χ1v) is 7.09. The van der Waals surface area contributed by atoms with Crippen LogP contribution in [0.3, 0.4) is 0 Å². The van der Waals surface area contributed by atoms with E-state index in [1.54, 1.807) is 6.20 Å². The number of pyridine rings is 1. The van der Waals surface area contributed by atoms with Crippen LogP contribution >= 0.6 is 31.9 Å². The van der Waals surface area contributed by atoms with Crippen molar-refractivity contribution >= 4 is 43.8 Å². The Morgan fingerprint density at radius 2 is 2.39 bits per heavy atom. The largest absolute Gasteiger partial charge is 0.453 e. The van der Waals surface area contributed by atoms with Crippen LogP contribution in [0.2, 0.25) is 0 Å². The zero-order chi connectivity index (χ0) is 13.1. The molecule has 1 unspecified atom stereocenters. The molecule has 0 saturated carbocycles. The lowest BCUT2D eigenvalue weighted by molar-refractivity contribution is 0.167. The maximum Gasteiger partial charge on any atom is 0.407 e. The van der Waals surface area contributed by atoms with Gasteiger partial charge in [0.2, 0.25) is 0 Å². The molecular formula is C11H13Br2N3O2. The van der Waals surface area contributed by atoms with Crippen LogP contribution in [0, 0.1) is 0 Å². The molecule has 0 aromatic carbocycles. The Hall–Kier alpha value is -0.820. The lowest BCUT2D eigenvalue weighted by Gasteiger charge is -2.19. The molecule has 1 amide bonds. The quantitative estimate of drug-likeness (QED) is 0.859. The van der Waals surface area contributed by atoms with Crippen LogP contribution in [0.1, 0.15) is 6.42 Å². The molecule has 1 aromatic heterocycles. The second-order valence-electron chi connectivity index (χ2n) is 4.03. The summed E-state index contributed by atoms with van der Waals surface area (Å²) in [6, 6.07) is 2.07. The molecule has 0 radical (unpaired) electrons. The molecule has 5 nitrogen and oxygen atoms in total. The topological polar surface area (TPSA) is 54.5 Å². The molecule has 2 heterocycles. The molecule has 2 rings (SSSR count). The third-order valence-corrected chi connectivity index (χ3v) is 3.80. The zero-order valence-electron chi connectivity index (χ0n) is 9.82. The Bertz CT molecular complexity index is 456. The maximum absolute atomic E-state index is 11.1. The van der Waals surface area contributed by atoms with E-state index >= 15 is 0 Å². The first kappa shape index (κ1) is 13.6. The van der Waals surface area contributed by atoms with E-state index in [9.17, 15) is 4.79 Å². The number of rotatable bonds is 2. The molecule has 1 atom stereocenters. The van der Waals surface area contributed by atoms with Gasteiger partial charge in [-0.25, -0.2) is 9.78 Å². The van der Waals surface area contributed by atoms with Crippen molar-refractivity contribution in [2.24, 2.45) is 0 Å². The Balaban J connectivity index is 2.02. The number of anilines is 1. The van der Waals surface area contributed by atoms with E-state index in [2.05, 4.69) is 51.8 Å². The second kappa shape index (κ2) is 5.88. The van der Waals surface area contributed by atoms with Crippen LogP contribution in [-0.2, 0) is 4.74 Å². The Labute approximate surface area is 122 Å². The summed E-state index contributed by atoms with van der Waals surface area (Å²) in [4.78, 5) is 17.7. The van der Waals surface area contributed by atoms with E-state index in [0.29, 0.717) is 0 Å². The predicted molar refractivity (Wildman–Crippen MR) is 75.8 cm³/mol. The molecule has 7 heteroatoms. The van der Waals surface area contributed by atoms with Crippen LogP contribution in [0.5, 0.6) is 0 Å². The molecule has 0 bridgehead atoms. The SMILES string of the molecule is COC(=O)NC1CCN(c2ncc(Br)cc2Br)C1. The molecule has 1 aliphatic heterocycles. The van der Waals surface area contributed by atoms with Crippen molar-refractivity contribution in [2.75, 3.05) is 25.1 Å². The molecule has 1 N–H and O–H groups in total. The van der Waals surface area contributed by atoms with Gasteiger partial charge >= 0.3 is 6.09 Å². The highest BCUT2D eigenvalue weighted by atomic mass is 79.9.